The quantitative estimate of drug-likeness (QED) is 0.646. The summed E-state index contributed by atoms with van der Waals surface area (Å²) >= 11 is 2.29. The van der Waals surface area contributed by atoms with Gasteiger partial charge in [-0.3, -0.25) is 4.79 Å². The van der Waals surface area contributed by atoms with E-state index in [1.807, 2.05) is 0 Å². The average molecular weight is 283 g/mol. The molecule has 0 saturated carbocycles. The summed E-state index contributed by atoms with van der Waals surface area (Å²) in [6, 6.07) is 0. The van der Waals surface area contributed by atoms with Gasteiger partial charge in [-0.05, 0) is 12.5 Å². The van der Waals surface area contributed by atoms with Crippen molar-refractivity contribution < 1.29 is 14.7 Å². The molecule has 3 N–H and O–H groups in total. The number of nitrogens with zero attached hydrogens (tertiary/aromatic N) is 2. The minimum atomic E-state index is -0.985. The predicted octanol–water partition coefficient (Wildman–Crippen LogP) is 1.28. The highest BCUT2D eigenvalue weighted by atomic mass is 32.2. The van der Waals surface area contributed by atoms with Crippen LogP contribution < -0.4 is 5.73 Å². The molecule has 2 heterocycles. The smallest absolute Gasteiger partial charge is 0.346 e. The third-order valence-corrected chi connectivity index (χ3v) is 4.44. The molecule has 0 unspecified atom stereocenters. The topological polar surface area (TPSA) is 106 Å². The maximum Gasteiger partial charge on any atom is 0.346 e. The van der Waals surface area contributed by atoms with Gasteiger partial charge in [0.05, 0.1) is 5.75 Å². The van der Waals surface area contributed by atoms with Gasteiger partial charge in [0.1, 0.15) is 21.1 Å². The number of primary amides is 1. The van der Waals surface area contributed by atoms with E-state index < -0.39 is 11.9 Å². The molecular weight excluding hydrogens is 274 g/mol. The minimum Gasteiger partial charge on any atom is -0.477 e. The predicted molar refractivity (Wildman–Crippen MR) is 69.0 cm³/mol. The number of carbonyl (C=O) groups excluding carboxylic acids is 1. The van der Waals surface area contributed by atoms with Gasteiger partial charge >= 0.3 is 5.97 Å². The second-order valence-corrected chi connectivity index (χ2v) is 5.44. The van der Waals surface area contributed by atoms with Crippen molar-refractivity contribution in [2.75, 3.05) is 5.75 Å². The Labute approximate surface area is 110 Å². The Balaban J connectivity index is 2.54. The fourth-order valence-electron chi connectivity index (χ4n) is 1.49. The van der Waals surface area contributed by atoms with Crippen LogP contribution in [0, 0.1) is 6.92 Å². The molecule has 0 spiro atoms. The molecule has 2 aromatic heterocycles. The van der Waals surface area contributed by atoms with E-state index in [1.54, 1.807) is 6.92 Å². The summed E-state index contributed by atoms with van der Waals surface area (Å²) in [5.74, 6) is -1.33. The lowest BCUT2D eigenvalue weighted by atomic mass is 10.2. The van der Waals surface area contributed by atoms with Crippen molar-refractivity contribution in [3.63, 3.8) is 0 Å². The van der Waals surface area contributed by atoms with Gasteiger partial charge in [-0.15, -0.1) is 11.3 Å². The van der Waals surface area contributed by atoms with E-state index in [9.17, 15) is 9.59 Å². The Morgan fingerprint density at radius 2 is 2.22 bits per heavy atom. The first-order chi connectivity index (χ1) is 8.50. The van der Waals surface area contributed by atoms with Gasteiger partial charge in [-0.2, -0.15) is 0 Å². The van der Waals surface area contributed by atoms with Crippen LogP contribution in [0.25, 0.3) is 10.2 Å². The Hall–Kier alpha value is -1.67. The Morgan fingerprint density at radius 1 is 1.50 bits per heavy atom. The van der Waals surface area contributed by atoms with Crippen molar-refractivity contribution in [3.05, 3.63) is 16.8 Å². The molecular formula is C10H9N3O3S2. The van der Waals surface area contributed by atoms with Crippen LogP contribution in [0.15, 0.2) is 11.4 Å². The normalized spacial score (nSPS) is 10.7. The zero-order valence-corrected chi connectivity index (χ0v) is 11.0. The number of aromatic carboxylic acids is 1. The van der Waals surface area contributed by atoms with Gasteiger partial charge in [0, 0.05) is 5.39 Å². The summed E-state index contributed by atoms with van der Waals surface area (Å²) in [4.78, 5) is 30.8. The molecule has 1 amide bonds. The molecule has 2 aromatic rings. The van der Waals surface area contributed by atoms with Gasteiger partial charge in [-0.1, -0.05) is 11.8 Å². The highest BCUT2D eigenvalue weighted by molar-refractivity contribution is 8.00. The lowest BCUT2D eigenvalue weighted by Gasteiger charge is -2.00. The summed E-state index contributed by atoms with van der Waals surface area (Å²) in [6.45, 7) is 1.71. The zero-order chi connectivity index (χ0) is 13.3. The molecule has 2 rings (SSSR count). The number of carboxylic acids is 1. The molecule has 8 heteroatoms. The molecule has 0 fully saturated rings. The van der Waals surface area contributed by atoms with Crippen LogP contribution in [-0.4, -0.2) is 32.7 Å². The van der Waals surface area contributed by atoms with Crippen LogP contribution in [0.1, 0.15) is 15.2 Å². The first-order valence-electron chi connectivity index (χ1n) is 4.89. The summed E-state index contributed by atoms with van der Waals surface area (Å²) in [5, 5.41) is 10.3. The lowest BCUT2D eigenvalue weighted by Crippen LogP contribution is -2.13. The van der Waals surface area contributed by atoms with Crippen molar-refractivity contribution in [1.29, 1.82) is 0 Å². The molecule has 0 aliphatic heterocycles. The number of carbonyl (C=O) groups is 2. The summed E-state index contributed by atoms with van der Waals surface area (Å²) in [7, 11) is 0. The fraction of sp³-hybridized carbons (Fsp3) is 0.200. The number of fused-ring (bicyclic) bond motifs is 1. The van der Waals surface area contributed by atoms with Crippen molar-refractivity contribution in [3.8, 4) is 0 Å². The fourth-order valence-corrected chi connectivity index (χ4v) is 3.34. The van der Waals surface area contributed by atoms with E-state index in [2.05, 4.69) is 9.97 Å². The summed E-state index contributed by atoms with van der Waals surface area (Å²) in [5.41, 5.74) is 5.70. The summed E-state index contributed by atoms with van der Waals surface area (Å²) in [6.07, 6.45) is 1.35. The molecule has 0 aliphatic carbocycles. The van der Waals surface area contributed by atoms with Crippen molar-refractivity contribution in [1.82, 2.24) is 9.97 Å². The first kappa shape index (κ1) is 12.8. The van der Waals surface area contributed by atoms with Crippen molar-refractivity contribution in [2.45, 2.75) is 11.9 Å². The van der Waals surface area contributed by atoms with Crippen LogP contribution in [0.4, 0.5) is 0 Å². The number of thioether (sulfide) groups is 1. The van der Waals surface area contributed by atoms with Gasteiger partial charge in [0.2, 0.25) is 5.91 Å². The molecule has 0 bridgehead atoms. The highest BCUT2D eigenvalue weighted by Gasteiger charge is 2.18. The third-order valence-electron chi connectivity index (χ3n) is 2.24. The Bertz CT molecular complexity index is 639. The number of amides is 1. The zero-order valence-electron chi connectivity index (χ0n) is 9.34. The number of nitrogens with two attached hydrogens (primary N) is 1. The van der Waals surface area contributed by atoms with Gasteiger partial charge in [0.25, 0.3) is 0 Å². The van der Waals surface area contributed by atoms with Crippen molar-refractivity contribution >= 4 is 45.2 Å². The molecule has 0 radical (unpaired) electrons. The highest BCUT2D eigenvalue weighted by Crippen LogP contribution is 2.34. The van der Waals surface area contributed by atoms with Crippen molar-refractivity contribution in [2.24, 2.45) is 5.73 Å². The second-order valence-electron chi connectivity index (χ2n) is 3.48. The van der Waals surface area contributed by atoms with Gasteiger partial charge in [-0.25, -0.2) is 14.8 Å². The minimum absolute atomic E-state index is 0.101. The number of thiophene rings is 1. The Morgan fingerprint density at radius 3 is 2.83 bits per heavy atom. The number of aryl methyl sites for hydroxylation is 1. The average Bonchev–Trinajstić information content (AvgIpc) is 2.65. The standard InChI is InChI=1S/C10H9N3O3S2/c1-4-6-8(17-2-5(11)14)12-3-13-9(6)18-7(4)10(15)16/h3H,2H2,1H3,(H2,11,14)(H,15,16). The van der Waals surface area contributed by atoms with Gasteiger partial charge < -0.3 is 10.8 Å². The largest absolute Gasteiger partial charge is 0.477 e. The number of hydrogen-bond acceptors (Lipinski definition) is 6. The van der Waals surface area contributed by atoms with E-state index in [1.165, 1.54) is 18.1 Å². The SMILES string of the molecule is Cc1c(C(=O)O)sc2ncnc(SCC(N)=O)c12. The number of aromatic nitrogens is 2. The second kappa shape index (κ2) is 4.91. The maximum absolute atomic E-state index is 11.1. The molecule has 18 heavy (non-hydrogen) atoms. The first-order valence-corrected chi connectivity index (χ1v) is 6.69. The van der Waals surface area contributed by atoms with Crippen LogP contribution in [-0.2, 0) is 4.79 Å². The maximum atomic E-state index is 11.1. The summed E-state index contributed by atoms with van der Waals surface area (Å²) < 4.78 is 0. The monoisotopic (exact) mass is 283 g/mol. The molecule has 0 saturated heterocycles. The number of hydrogen-bond donors (Lipinski definition) is 2. The van der Waals surface area contributed by atoms with Crippen LogP contribution in [0.5, 0.6) is 0 Å². The van der Waals surface area contributed by atoms with E-state index in [-0.39, 0.29) is 10.6 Å². The molecule has 0 aliphatic rings. The third kappa shape index (κ3) is 2.29. The Kier molecular flexibility index (Phi) is 3.48. The number of carboxylic acid groups (broad SMARTS) is 1. The van der Waals surface area contributed by atoms with E-state index in [0.717, 1.165) is 11.3 Å². The van der Waals surface area contributed by atoms with Gasteiger partial charge in [0.15, 0.2) is 0 Å². The van der Waals surface area contributed by atoms with E-state index in [0.29, 0.717) is 20.8 Å². The molecule has 94 valence electrons. The van der Waals surface area contributed by atoms with Crippen LogP contribution >= 0.6 is 23.1 Å². The molecule has 0 aromatic carbocycles. The molecule has 6 nitrogen and oxygen atoms in total. The molecule has 0 atom stereocenters. The van der Waals surface area contributed by atoms with E-state index in [4.69, 9.17) is 10.8 Å². The van der Waals surface area contributed by atoms with E-state index >= 15 is 0 Å². The van der Waals surface area contributed by atoms with Crippen LogP contribution in [0.3, 0.4) is 0 Å². The van der Waals surface area contributed by atoms with Crippen LogP contribution in [0.2, 0.25) is 0 Å². The number of rotatable bonds is 4. The lowest BCUT2D eigenvalue weighted by molar-refractivity contribution is -0.115.